The van der Waals surface area contributed by atoms with E-state index in [9.17, 15) is 4.79 Å². The van der Waals surface area contributed by atoms with E-state index in [0.717, 1.165) is 21.3 Å². The summed E-state index contributed by atoms with van der Waals surface area (Å²) in [7, 11) is 0. The summed E-state index contributed by atoms with van der Waals surface area (Å²) in [6.07, 6.45) is 6.39. The van der Waals surface area contributed by atoms with E-state index in [4.69, 9.17) is 0 Å². The van der Waals surface area contributed by atoms with Gasteiger partial charge in [0.25, 0.3) is 5.91 Å². The molecule has 0 saturated carbocycles. The average molecular weight is 369 g/mol. The molecule has 23 heavy (non-hydrogen) atoms. The minimum Gasteiger partial charge on any atom is -0.348 e. The van der Waals surface area contributed by atoms with Gasteiger partial charge in [-0.25, -0.2) is 9.97 Å². The standard InChI is InChI=1S/C17H13BrN4O/c18-15-4-1-12(2-5-15)7-22-17(23)13-3-6-16(21-10-13)14-8-19-11-20-9-14/h1-6,8-11H,7H2,(H,22,23). The Bertz CT molecular complexity index is 789. The van der Waals surface area contributed by atoms with Gasteiger partial charge < -0.3 is 5.32 Å². The lowest BCUT2D eigenvalue weighted by Gasteiger charge is -2.06. The van der Waals surface area contributed by atoms with E-state index in [1.54, 1.807) is 30.7 Å². The number of halogens is 1. The van der Waals surface area contributed by atoms with Crippen molar-refractivity contribution in [1.29, 1.82) is 0 Å². The molecule has 6 heteroatoms. The lowest BCUT2D eigenvalue weighted by atomic mass is 10.2. The molecule has 0 aliphatic heterocycles. The highest BCUT2D eigenvalue weighted by Gasteiger charge is 2.07. The van der Waals surface area contributed by atoms with Gasteiger partial charge in [-0.3, -0.25) is 9.78 Å². The Morgan fingerprint density at radius 1 is 1.00 bits per heavy atom. The zero-order chi connectivity index (χ0) is 16.1. The Balaban J connectivity index is 1.65. The first-order chi connectivity index (χ1) is 11.2. The molecule has 0 atom stereocenters. The van der Waals surface area contributed by atoms with Crippen molar-refractivity contribution in [1.82, 2.24) is 20.3 Å². The number of aromatic nitrogens is 3. The first-order valence-corrected chi connectivity index (χ1v) is 7.76. The predicted octanol–water partition coefficient (Wildman–Crippen LogP) is 3.23. The molecule has 114 valence electrons. The molecule has 1 aromatic carbocycles. The first-order valence-electron chi connectivity index (χ1n) is 6.96. The lowest BCUT2D eigenvalue weighted by Crippen LogP contribution is -2.22. The van der Waals surface area contributed by atoms with E-state index in [1.807, 2.05) is 24.3 Å². The zero-order valence-corrected chi connectivity index (χ0v) is 13.7. The van der Waals surface area contributed by atoms with Gasteiger partial charge in [-0.15, -0.1) is 0 Å². The predicted molar refractivity (Wildman–Crippen MR) is 90.6 cm³/mol. The highest BCUT2D eigenvalue weighted by molar-refractivity contribution is 9.10. The first kappa shape index (κ1) is 15.3. The summed E-state index contributed by atoms with van der Waals surface area (Å²) in [5.74, 6) is -0.156. The number of pyridine rings is 1. The van der Waals surface area contributed by atoms with Crippen molar-refractivity contribution in [3.8, 4) is 11.3 Å². The number of benzene rings is 1. The monoisotopic (exact) mass is 368 g/mol. The Morgan fingerprint density at radius 3 is 2.39 bits per heavy atom. The van der Waals surface area contributed by atoms with Crippen LogP contribution in [0, 0.1) is 0 Å². The summed E-state index contributed by atoms with van der Waals surface area (Å²) < 4.78 is 1.01. The third-order valence-electron chi connectivity index (χ3n) is 3.25. The van der Waals surface area contributed by atoms with E-state index < -0.39 is 0 Å². The van der Waals surface area contributed by atoms with Crippen molar-refractivity contribution in [2.24, 2.45) is 0 Å². The van der Waals surface area contributed by atoms with Crippen LogP contribution < -0.4 is 5.32 Å². The molecule has 1 amide bonds. The van der Waals surface area contributed by atoms with Crippen LogP contribution >= 0.6 is 15.9 Å². The molecule has 0 spiro atoms. The van der Waals surface area contributed by atoms with Gasteiger partial charge in [-0.2, -0.15) is 0 Å². The van der Waals surface area contributed by atoms with Gasteiger partial charge in [0.05, 0.1) is 11.3 Å². The molecule has 1 N–H and O–H groups in total. The van der Waals surface area contributed by atoms with E-state index in [1.165, 1.54) is 6.33 Å². The van der Waals surface area contributed by atoms with Gasteiger partial charge in [0.15, 0.2) is 0 Å². The maximum absolute atomic E-state index is 12.1. The number of rotatable bonds is 4. The molecule has 3 aromatic rings. The largest absolute Gasteiger partial charge is 0.348 e. The maximum Gasteiger partial charge on any atom is 0.253 e. The normalized spacial score (nSPS) is 10.3. The Labute approximate surface area is 142 Å². The minimum absolute atomic E-state index is 0.156. The molecule has 0 fully saturated rings. The molecule has 0 radical (unpaired) electrons. The number of amides is 1. The summed E-state index contributed by atoms with van der Waals surface area (Å²) in [6, 6.07) is 11.3. The van der Waals surface area contributed by atoms with E-state index in [0.29, 0.717) is 12.1 Å². The summed E-state index contributed by atoms with van der Waals surface area (Å²) in [4.78, 5) is 24.3. The van der Waals surface area contributed by atoms with E-state index in [2.05, 4.69) is 36.2 Å². The Kier molecular flexibility index (Phi) is 4.73. The fourth-order valence-corrected chi connectivity index (χ4v) is 2.28. The second kappa shape index (κ2) is 7.11. The minimum atomic E-state index is -0.156. The zero-order valence-electron chi connectivity index (χ0n) is 12.1. The number of nitrogens with zero attached hydrogens (tertiary/aromatic N) is 3. The second-order valence-corrected chi connectivity index (χ2v) is 5.78. The van der Waals surface area contributed by atoms with Crippen LogP contribution in [0.4, 0.5) is 0 Å². The number of carbonyl (C=O) groups excluding carboxylic acids is 1. The summed E-state index contributed by atoms with van der Waals surface area (Å²) >= 11 is 3.38. The van der Waals surface area contributed by atoms with Crippen LogP contribution in [0.5, 0.6) is 0 Å². The Hall–Kier alpha value is -2.60. The molecule has 0 unspecified atom stereocenters. The van der Waals surface area contributed by atoms with Crippen LogP contribution in [-0.2, 0) is 6.54 Å². The second-order valence-electron chi connectivity index (χ2n) is 4.87. The van der Waals surface area contributed by atoms with Crippen molar-refractivity contribution in [3.63, 3.8) is 0 Å². The third kappa shape index (κ3) is 3.98. The molecule has 2 heterocycles. The lowest BCUT2D eigenvalue weighted by molar-refractivity contribution is 0.0950. The van der Waals surface area contributed by atoms with Crippen LogP contribution in [0.2, 0.25) is 0 Å². The topological polar surface area (TPSA) is 67.8 Å². The molecule has 2 aromatic heterocycles. The SMILES string of the molecule is O=C(NCc1ccc(Br)cc1)c1ccc(-c2cncnc2)nc1. The summed E-state index contributed by atoms with van der Waals surface area (Å²) in [5, 5.41) is 2.87. The fraction of sp³-hybridized carbons (Fsp3) is 0.0588. The van der Waals surface area contributed by atoms with Gasteiger partial charge in [0.2, 0.25) is 0 Å². The van der Waals surface area contributed by atoms with Crippen molar-refractivity contribution in [2.45, 2.75) is 6.54 Å². The van der Waals surface area contributed by atoms with Crippen molar-refractivity contribution < 1.29 is 4.79 Å². The third-order valence-corrected chi connectivity index (χ3v) is 3.78. The van der Waals surface area contributed by atoms with Gasteiger partial charge >= 0.3 is 0 Å². The number of hydrogen-bond donors (Lipinski definition) is 1. The molecule has 0 saturated heterocycles. The number of carbonyl (C=O) groups is 1. The molecule has 3 rings (SSSR count). The van der Waals surface area contributed by atoms with E-state index in [-0.39, 0.29) is 5.91 Å². The maximum atomic E-state index is 12.1. The van der Waals surface area contributed by atoms with Crippen molar-refractivity contribution in [2.75, 3.05) is 0 Å². The van der Waals surface area contributed by atoms with Crippen LogP contribution in [0.3, 0.4) is 0 Å². The van der Waals surface area contributed by atoms with E-state index >= 15 is 0 Å². The smallest absolute Gasteiger partial charge is 0.253 e. The van der Waals surface area contributed by atoms with Gasteiger partial charge in [0.1, 0.15) is 6.33 Å². The highest BCUT2D eigenvalue weighted by atomic mass is 79.9. The fourth-order valence-electron chi connectivity index (χ4n) is 2.02. The quantitative estimate of drug-likeness (QED) is 0.767. The van der Waals surface area contributed by atoms with Crippen molar-refractivity contribution >= 4 is 21.8 Å². The van der Waals surface area contributed by atoms with Gasteiger partial charge in [-0.05, 0) is 29.8 Å². The number of nitrogens with one attached hydrogen (secondary N) is 1. The van der Waals surface area contributed by atoms with Gasteiger partial charge in [0, 0.05) is 35.2 Å². The Morgan fingerprint density at radius 2 is 1.74 bits per heavy atom. The molecule has 0 aliphatic carbocycles. The molecule has 0 bridgehead atoms. The molecule has 5 nitrogen and oxygen atoms in total. The van der Waals surface area contributed by atoms with Crippen LogP contribution in [-0.4, -0.2) is 20.9 Å². The van der Waals surface area contributed by atoms with Crippen molar-refractivity contribution in [3.05, 3.63) is 76.9 Å². The average Bonchev–Trinajstić information content (AvgIpc) is 2.62. The molecule has 0 aliphatic rings. The van der Waals surface area contributed by atoms with Crippen LogP contribution in [0.1, 0.15) is 15.9 Å². The number of hydrogen-bond acceptors (Lipinski definition) is 4. The summed E-state index contributed by atoms with van der Waals surface area (Å²) in [5.41, 5.74) is 3.10. The van der Waals surface area contributed by atoms with Crippen LogP contribution in [0.15, 0.2) is 65.8 Å². The summed E-state index contributed by atoms with van der Waals surface area (Å²) in [6.45, 7) is 0.473. The highest BCUT2D eigenvalue weighted by Crippen LogP contribution is 2.14. The molecular weight excluding hydrogens is 356 g/mol. The van der Waals surface area contributed by atoms with Crippen LogP contribution in [0.25, 0.3) is 11.3 Å². The molecular formula is C17H13BrN4O. The van der Waals surface area contributed by atoms with Gasteiger partial charge in [-0.1, -0.05) is 28.1 Å².